The van der Waals surface area contributed by atoms with E-state index in [4.69, 9.17) is 9.15 Å². The van der Waals surface area contributed by atoms with Crippen LogP contribution in [0.3, 0.4) is 0 Å². The van der Waals surface area contributed by atoms with Gasteiger partial charge in [0.1, 0.15) is 0 Å². The maximum atomic E-state index is 12.3. The molecule has 4 atom stereocenters. The number of ketones is 1. The zero-order valence-electron chi connectivity index (χ0n) is 15.4. The molecule has 0 aromatic carbocycles. The van der Waals surface area contributed by atoms with E-state index in [2.05, 4.69) is 13.8 Å². The van der Waals surface area contributed by atoms with E-state index in [0.29, 0.717) is 24.9 Å². The van der Waals surface area contributed by atoms with Gasteiger partial charge < -0.3 is 9.15 Å². The molecule has 1 aromatic heterocycles. The summed E-state index contributed by atoms with van der Waals surface area (Å²) in [6.45, 7) is 6.21. The standard InChI is InChI=1S/C21H28O4/c1-14-10-18(23)11-20-19(14)5-4-15(2)21(20,13-25-16(3)22)8-6-17-7-9-24-12-17/h7,9-10,12,15,19-20H,4-6,8,11,13H2,1-3H3/t15-,19-,20-,21-/m1/s1. The van der Waals surface area contributed by atoms with E-state index in [1.807, 2.05) is 12.1 Å². The summed E-state index contributed by atoms with van der Waals surface area (Å²) in [4.78, 5) is 23.8. The van der Waals surface area contributed by atoms with E-state index in [0.717, 1.165) is 31.2 Å². The fourth-order valence-corrected chi connectivity index (χ4v) is 5.01. The predicted molar refractivity (Wildman–Crippen MR) is 94.9 cm³/mol. The number of ether oxygens (including phenoxy) is 1. The minimum atomic E-state index is -0.244. The lowest BCUT2D eigenvalue weighted by atomic mass is 9.52. The topological polar surface area (TPSA) is 56.5 Å². The number of fused-ring (bicyclic) bond motifs is 1. The van der Waals surface area contributed by atoms with Gasteiger partial charge in [0.05, 0.1) is 19.1 Å². The maximum absolute atomic E-state index is 12.3. The Morgan fingerprint density at radius 2 is 2.20 bits per heavy atom. The molecule has 25 heavy (non-hydrogen) atoms. The third-order valence-corrected chi connectivity index (χ3v) is 6.51. The van der Waals surface area contributed by atoms with Gasteiger partial charge in [-0.15, -0.1) is 0 Å². The van der Waals surface area contributed by atoms with Crippen molar-refractivity contribution in [2.75, 3.05) is 6.61 Å². The molecule has 0 bridgehead atoms. The van der Waals surface area contributed by atoms with E-state index in [9.17, 15) is 9.59 Å². The van der Waals surface area contributed by atoms with Gasteiger partial charge in [0.25, 0.3) is 0 Å². The average Bonchev–Trinajstić information content (AvgIpc) is 3.06. The van der Waals surface area contributed by atoms with Gasteiger partial charge in [-0.25, -0.2) is 0 Å². The van der Waals surface area contributed by atoms with Crippen LogP contribution in [0.15, 0.2) is 34.7 Å². The highest BCUT2D eigenvalue weighted by Gasteiger charge is 2.52. The molecule has 136 valence electrons. The van der Waals surface area contributed by atoms with Crippen LogP contribution in [-0.4, -0.2) is 18.4 Å². The van der Waals surface area contributed by atoms with Gasteiger partial charge in [-0.3, -0.25) is 9.59 Å². The van der Waals surface area contributed by atoms with Crippen molar-refractivity contribution in [3.63, 3.8) is 0 Å². The van der Waals surface area contributed by atoms with Crippen molar-refractivity contribution < 1.29 is 18.7 Å². The molecule has 0 unspecified atom stereocenters. The van der Waals surface area contributed by atoms with Crippen LogP contribution < -0.4 is 0 Å². The molecule has 4 nitrogen and oxygen atoms in total. The molecule has 0 spiro atoms. The normalized spacial score (nSPS) is 32.0. The smallest absolute Gasteiger partial charge is 0.302 e. The first kappa shape index (κ1) is 18.0. The summed E-state index contributed by atoms with van der Waals surface area (Å²) >= 11 is 0. The van der Waals surface area contributed by atoms with Gasteiger partial charge in [-0.05, 0) is 68.1 Å². The minimum Gasteiger partial charge on any atom is -0.472 e. The zero-order chi connectivity index (χ0) is 18.0. The molecule has 1 aromatic rings. The molecule has 2 aliphatic rings. The fourth-order valence-electron chi connectivity index (χ4n) is 5.01. The van der Waals surface area contributed by atoms with Crippen LogP contribution in [0.25, 0.3) is 0 Å². The fraction of sp³-hybridized carbons (Fsp3) is 0.619. The molecule has 1 fully saturated rings. The molecule has 0 saturated heterocycles. The molecule has 0 amide bonds. The minimum absolute atomic E-state index is 0.156. The third kappa shape index (κ3) is 3.58. The molecular formula is C21H28O4. The van der Waals surface area contributed by atoms with Crippen LogP contribution in [0.2, 0.25) is 0 Å². The lowest BCUT2D eigenvalue weighted by Crippen LogP contribution is -2.50. The van der Waals surface area contributed by atoms with Gasteiger partial charge in [0.15, 0.2) is 5.78 Å². The van der Waals surface area contributed by atoms with E-state index in [1.54, 1.807) is 12.5 Å². The van der Waals surface area contributed by atoms with Crippen LogP contribution in [0.1, 0.15) is 52.0 Å². The summed E-state index contributed by atoms with van der Waals surface area (Å²) in [6, 6.07) is 1.99. The lowest BCUT2D eigenvalue weighted by Gasteiger charge is -2.53. The van der Waals surface area contributed by atoms with Crippen LogP contribution in [-0.2, 0) is 20.7 Å². The largest absolute Gasteiger partial charge is 0.472 e. The first-order chi connectivity index (χ1) is 11.9. The molecule has 1 heterocycles. The Labute approximate surface area is 149 Å². The Morgan fingerprint density at radius 1 is 1.40 bits per heavy atom. The Bertz CT molecular complexity index is 657. The molecular weight excluding hydrogens is 316 g/mol. The van der Waals surface area contributed by atoms with Gasteiger partial charge in [-0.1, -0.05) is 12.5 Å². The number of allylic oxidation sites excluding steroid dienone is 2. The Balaban J connectivity index is 1.92. The molecule has 0 aliphatic heterocycles. The number of esters is 1. The van der Waals surface area contributed by atoms with E-state index in [-0.39, 0.29) is 23.1 Å². The van der Waals surface area contributed by atoms with E-state index >= 15 is 0 Å². The van der Waals surface area contributed by atoms with Crippen LogP contribution in [0.4, 0.5) is 0 Å². The van der Waals surface area contributed by atoms with Gasteiger partial charge in [0.2, 0.25) is 0 Å². The molecule has 4 heteroatoms. The molecule has 0 N–H and O–H groups in total. The molecule has 1 saturated carbocycles. The first-order valence-corrected chi connectivity index (χ1v) is 9.28. The van der Waals surface area contributed by atoms with Crippen molar-refractivity contribution in [3.05, 3.63) is 35.8 Å². The molecule has 2 aliphatic carbocycles. The second-order valence-corrected chi connectivity index (χ2v) is 7.90. The lowest BCUT2D eigenvalue weighted by molar-refractivity contribution is -0.152. The quantitative estimate of drug-likeness (QED) is 0.746. The number of hydrogen-bond acceptors (Lipinski definition) is 4. The molecule has 3 rings (SSSR count). The van der Waals surface area contributed by atoms with Gasteiger partial charge >= 0.3 is 5.97 Å². The second kappa shape index (κ2) is 7.19. The highest BCUT2D eigenvalue weighted by molar-refractivity contribution is 5.91. The Kier molecular flexibility index (Phi) is 5.16. The highest BCUT2D eigenvalue weighted by atomic mass is 16.5. The summed E-state index contributed by atoms with van der Waals surface area (Å²) in [5, 5.41) is 0. The summed E-state index contributed by atoms with van der Waals surface area (Å²) < 4.78 is 10.8. The van der Waals surface area contributed by atoms with Gasteiger partial charge in [0, 0.05) is 18.8 Å². The number of furan rings is 1. The van der Waals surface area contributed by atoms with Crippen molar-refractivity contribution in [2.45, 2.75) is 52.9 Å². The summed E-state index contributed by atoms with van der Waals surface area (Å²) in [5.41, 5.74) is 2.20. The third-order valence-electron chi connectivity index (χ3n) is 6.51. The van der Waals surface area contributed by atoms with Crippen molar-refractivity contribution in [2.24, 2.45) is 23.2 Å². The second-order valence-electron chi connectivity index (χ2n) is 7.90. The van der Waals surface area contributed by atoms with Crippen molar-refractivity contribution in [1.29, 1.82) is 0 Å². The number of carbonyl (C=O) groups is 2. The first-order valence-electron chi connectivity index (χ1n) is 9.28. The van der Waals surface area contributed by atoms with Crippen molar-refractivity contribution in [3.8, 4) is 0 Å². The summed E-state index contributed by atoms with van der Waals surface area (Å²) in [5.74, 6) is 1.06. The van der Waals surface area contributed by atoms with Crippen LogP contribution in [0.5, 0.6) is 0 Å². The monoisotopic (exact) mass is 344 g/mol. The van der Waals surface area contributed by atoms with Crippen LogP contribution >= 0.6 is 0 Å². The Hall–Kier alpha value is -1.84. The summed E-state index contributed by atoms with van der Waals surface area (Å²) in [6.07, 6.45) is 9.87. The number of rotatable bonds is 5. The maximum Gasteiger partial charge on any atom is 0.302 e. The zero-order valence-corrected chi connectivity index (χ0v) is 15.4. The van der Waals surface area contributed by atoms with E-state index in [1.165, 1.54) is 12.5 Å². The average molecular weight is 344 g/mol. The van der Waals surface area contributed by atoms with Crippen molar-refractivity contribution >= 4 is 11.8 Å². The summed E-state index contributed by atoms with van der Waals surface area (Å²) in [7, 11) is 0. The van der Waals surface area contributed by atoms with Crippen LogP contribution in [0, 0.1) is 23.2 Å². The van der Waals surface area contributed by atoms with Crippen molar-refractivity contribution in [1.82, 2.24) is 0 Å². The van der Waals surface area contributed by atoms with E-state index < -0.39 is 0 Å². The number of hydrogen-bond donors (Lipinski definition) is 0. The highest BCUT2D eigenvalue weighted by Crippen LogP contribution is 2.55. The predicted octanol–water partition coefficient (Wildman–Crippen LogP) is 4.34. The number of carbonyl (C=O) groups excluding carboxylic acids is 2. The SMILES string of the molecule is CC(=O)OC[C@]1(CCc2ccoc2)[C@H](C)CC[C@@H]2C(C)=CC(=O)C[C@H]21. The number of aryl methyl sites for hydroxylation is 1. The molecule has 0 radical (unpaired) electrons. The Morgan fingerprint density at radius 3 is 2.88 bits per heavy atom. The van der Waals surface area contributed by atoms with Gasteiger partial charge in [-0.2, -0.15) is 0 Å².